The van der Waals surface area contributed by atoms with E-state index < -0.39 is 22.8 Å². The van der Waals surface area contributed by atoms with Gasteiger partial charge in [0.2, 0.25) is 0 Å². The number of carboxylic acid groups (broad SMARTS) is 2. The normalized spacial score (nSPS) is 21.7. The Morgan fingerprint density at radius 2 is 1.17 bits per heavy atom. The second-order valence-corrected chi connectivity index (χ2v) is 7.76. The fraction of sp³-hybridized carbons (Fsp3) is 0.600. The molecule has 2 saturated carbocycles. The Labute approximate surface area is 142 Å². The van der Waals surface area contributed by atoms with E-state index in [1.807, 2.05) is 24.3 Å². The quantitative estimate of drug-likeness (QED) is 0.825. The topological polar surface area (TPSA) is 74.6 Å². The van der Waals surface area contributed by atoms with Crippen molar-refractivity contribution in [2.75, 3.05) is 0 Å². The Kier molecular flexibility index (Phi) is 4.66. The summed E-state index contributed by atoms with van der Waals surface area (Å²) in [6.07, 6.45) is 7.99. The van der Waals surface area contributed by atoms with Crippen LogP contribution in [0.4, 0.5) is 0 Å². The number of carbonyl (C=O) groups is 2. The summed E-state index contributed by atoms with van der Waals surface area (Å²) in [5.74, 6) is -1.38. The highest BCUT2D eigenvalue weighted by atomic mass is 16.4. The summed E-state index contributed by atoms with van der Waals surface area (Å²) in [6, 6.07) is 7.94. The molecule has 2 fully saturated rings. The van der Waals surface area contributed by atoms with E-state index in [2.05, 4.69) is 0 Å². The van der Waals surface area contributed by atoms with Gasteiger partial charge in [-0.3, -0.25) is 9.59 Å². The van der Waals surface area contributed by atoms with Crippen LogP contribution in [0.15, 0.2) is 24.3 Å². The van der Waals surface area contributed by atoms with Crippen LogP contribution >= 0.6 is 0 Å². The first-order valence-electron chi connectivity index (χ1n) is 9.01. The predicted molar refractivity (Wildman–Crippen MR) is 90.9 cm³/mol. The highest BCUT2D eigenvalue weighted by molar-refractivity contribution is 5.76. The SMILES string of the molecule is O=C(O)C1(Cc2cccc(CC3(C(=O)O)CCCC3)c2)CCCC1. The maximum absolute atomic E-state index is 11.8. The molecule has 1 aromatic carbocycles. The smallest absolute Gasteiger partial charge is 0.309 e. The van der Waals surface area contributed by atoms with Gasteiger partial charge < -0.3 is 10.2 Å². The standard InChI is InChI=1S/C20H26O4/c21-17(22)19(8-1-2-9-19)13-15-6-5-7-16(12-15)14-20(18(23)24)10-3-4-11-20/h5-7,12H,1-4,8-11,13-14H2,(H,21,22)(H,23,24). The van der Waals surface area contributed by atoms with Crippen LogP contribution in [0, 0.1) is 10.8 Å². The molecule has 1 aromatic rings. The van der Waals surface area contributed by atoms with Gasteiger partial charge in [0, 0.05) is 0 Å². The van der Waals surface area contributed by atoms with Crippen LogP contribution in [-0.2, 0) is 22.4 Å². The molecule has 4 nitrogen and oxygen atoms in total. The third kappa shape index (κ3) is 3.19. The van der Waals surface area contributed by atoms with Crippen LogP contribution in [0.3, 0.4) is 0 Å². The number of rotatable bonds is 6. The van der Waals surface area contributed by atoms with Gasteiger partial charge in [-0.2, -0.15) is 0 Å². The molecule has 0 saturated heterocycles. The van der Waals surface area contributed by atoms with Gasteiger partial charge in [-0.1, -0.05) is 49.9 Å². The minimum atomic E-state index is -0.691. The molecule has 24 heavy (non-hydrogen) atoms. The van der Waals surface area contributed by atoms with Gasteiger partial charge in [-0.05, 0) is 49.7 Å². The van der Waals surface area contributed by atoms with Gasteiger partial charge in [-0.15, -0.1) is 0 Å². The third-order valence-corrected chi connectivity index (χ3v) is 6.11. The predicted octanol–water partition coefficient (Wildman–Crippen LogP) is 4.06. The van der Waals surface area contributed by atoms with Crippen LogP contribution in [0.5, 0.6) is 0 Å². The Balaban J connectivity index is 1.79. The zero-order valence-electron chi connectivity index (χ0n) is 14.1. The summed E-state index contributed by atoms with van der Waals surface area (Å²) in [4.78, 5) is 23.5. The molecule has 0 atom stereocenters. The van der Waals surface area contributed by atoms with Crippen molar-refractivity contribution >= 4 is 11.9 Å². The van der Waals surface area contributed by atoms with E-state index in [4.69, 9.17) is 0 Å². The summed E-state index contributed by atoms with van der Waals surface area (Å²) in [7, 11) is 0. The molecular formula is C20H26O4. The first kappa shape index (κ1) is 17.0. The molecule has 0 aliphatic heterocycles. The molecule has 4 heteroatoms. The van der Waals surface area contributed by atoms with Crippen molar-refractivity contribution in [2.45, 2.75) is 64.2 Å². The highest BCUT2D eigenvalue weighted by Gasteiger charge is 2.42. The van der Waals surface area contributed by atoms with Gasteiger partial charge in [0.1, 0.15) is 0 Å². The molecule has 0 unspecified atom stereocenters. The fourth-order valence-electron chi connectivity index (χ4n) is 4.67. The molecule has 130 valence electrons. The van der Waals surface area contributed by atoms with Crippen molar-refractivity contribution in [3.05, 3.63) is 35.4 Å². The third-order valence-electron chi connectivity index (χ3n) is 6.11. The van der Waals surface area contributed by atoms with Crippen molar-refractivity contribution in [3.63, 3.8) is 0 Å². The van der Waals surface area contributed by atoms with E-state index in [-0.39, 0.29) is 0 Å². The van der Waals surface area contributed by atoms with Crippen molar-refractivity contribution < 1.29 is 19.8 Å². The Hall–Kier alpha value is -1.84. The van der Waals surface area contributed by atoms with E-state index >= 15 is 0 Å². The molecular weight excluding hydrogens is 304 g/mol. The van der Waals surface area contributed by atoms with Crippen molar-refractivity contribution in [2.24, 2.45) is 10.8 Å². The average molecular weight is 330 g/mol. The van der Waals surface area contributed by atoms with Crippen LogP contribution in [-0.4, -0.2) is 22.2 Å². The zero-order chi connectivity index (χ0) is 17.2. The first-order chi connectivity index (χ1) is 11.5. The molecule has 0 bridgehead atoms. The summed E-state index contributed by atoms with van der Waals surface area (Å²) < 4.78 is 0. The first-order valence-corrected chi connectivity index (χ1v) is 9.01. The summed E-state index contributed by atoms with van der Waals surface area (Å²) in [6.45, 7) is 0. The van der Waals surface area contributed by atoms with Crippen LogP contribution in [0.25, 0.3) is 0 Å². The fourth-order valence-corrected chi connectivity index (χ4v) is 4.67. The average Bonchev–Trinajstić information content (AvgIpc) is 3.18. The van der Waals surface area contributed by atoms with E-state index in [1.54, 1.807) is 0 Å². The molecule has 0 aromatic heterocycles. The minimum Gasteiger partial charge on any atom is -0.481 e. The van der Waals surface area contributed by atoms with Gasteiger partial charge in [0.15, 0.2) is 0 Å². The van der Waals surface area contributed by atoms with E-state index in [0.717, 1.165) is 62.5 Å². The Bertz CT molecular complexity index is 571. The molecule has 0 heterocycles. The van der Waals surface area contributed by atoms with Gasteiger partial charge in [0.25, 0.3) is 0 Å². The Morgan fingerprint density at radius 1 is 0.792 bits per heavy atom. The number of aliphatic carboxylic acids is 2. The van der Waals surface area contributed by atoms with Gasteiger partial charge in [-0.25, -0.2) is 0 Å². The van der Waals surface area contributed by atoms with E-state index in [1.165, 1.54) is 0 Å². The van der Waals surface area contributed by atoms with Gasteiger partial charge in [0.05, 0.1) is 10.8 Å². The van der Waals surface area contributed by atoms with E-state index in [9.17, 15) is 19.8 Å². The van der Waals surface area contributed by atoms with Crippen LogP contribution in [0.2, 0.25) is 0 Å². The number of hydrogen-bond acceptors (Lipinski definition) is 2. The molecule has 2 aliphatic carbocycles. The molecule has 0 radical (unpaired) electrons. The lowest BCUT2D eigenvalue weighted by Crippen LogP contribution is -2.31. The monoisotopic (exact) mass is 330 g/mol. The van der Waals surface area contributed by atoms with Crippen molar-refractivity contribution in [1.29, 1.82) is 0 Å². The second-order valence-electron chi connectivity index (χ2n) is 7.76. The second kappa shape index (κ2) is 6.58. The van der Waals surface area contributed by atoms with Crippen LogP contribution in [0.1, 0.15) is 62.5 Å². The van der Waals surface area contributed by atoms with Crippen molar-refractivity contribution in [3.8, 4) is 0 Å². The molecule has 2 N–H and O–H groups in total. The number of hydrogen-bond donors (Lipinski definition) is 2. The summed E-state index contributed by atoms with van der Waals surface area (Å²) in [5.41, 5.74) is 0.790. The van der Waals surface area contributed by atoms with Crippen molar-refractivity contribution in [1.82, 2.24) is 0 Å². The maximum Gasteiger partial charge on any atom is 0.309 e. The lowest BCUT2D eigenvalue weighted by molar-refractivity contribution is -0.149. The summed E-state index contributed by atoms with van der Waals surface area (Å²) in [5, 5.41) is 19.3. The number of carboxylic acids is 2. The molecule has 0 amide bonds. The Morgan fingerprint density at radius 3 is 1.50 bits per heavy atom. The minimum absolute atomic E-state index is 0.552. The lowest BCUT2D eigenvalue weighted by atomic mass is 9.77. The zero-order valence-corrected chi connectivity index (χ0v) is 14.1. The molecule has 2 aliphatic rings. The summed E-state index contributed by atoms with van der Waals surface area (Å²) >= 11 is 0. The molecule has 0 spiro atoms. The largest absolute Gasteiger partial charge is 0.481 e. The molecule has 3 rings (SSSR count). The van der Waals surface area contributed by atoms with Gasteiger partial charge >= 0.3 is 11.9 Å². The lowest BCUT2D eigenvalue weighted by Gasteiger charge is -2.26. The van der Waals surface area contributed by atoms with Crippen LogP contribution < -0.4 is 0 Å². The highest BCUT2D eigenvalue weighted by Crippen LogP contribution is 2.43. The number of benzene rings is 1. The van der Waals surface area contributed by atoms with E-state index in [0.29, 0.717) is 12.8 Å². The maximum atomic E-state index is 11.8.